The highest BCUT2D eigenvalue weighted by molar-refractivity contribution is 6.32. The van der Waals surface area contributed by atoms with E-state index in [-0.39, 0.29) is 17.1 Å². The molecule has 1 aromatic rings. The van der Waals surface area contributed by atoms with Crippen LogP contribution in [-0.4, -0.2) is 22.0 Å². The summed E-state index contributed by atoms with van der Waals surface area (Å²) in [6.07, 6.45) is 0.0212. The van der Waals surface area contributed by atoms with Gasteiger partial charge in [0.25, 0.3) is 5.69 Å². The summed E-state index contributed by atoms with van der Waals surface area (Å²) < 4.78 is 0. The highest BCUT2D eigenvalue weighted by atomic mass is 35.5. The molecule has 1 atom stereocenters. The van der Waals surface area contributed by atoms with Gasteiger partial charge in [-0.15, -0.1) is 0 Å². The number of nitro groups is 1. The van der Waals surface area contributed by atoms with Crippen LogP contribution >= 0.6 is 11.6 Å². The van der Waals surface area contributed by atoms with Gasteiger partial charge in [-0.05, 0) is 18.1 Å². The summed E-state index contributed by atoms with van der Waals surface area (Å²) in [7, 11) is 0. The van der Waals surface area contributed by atoms with E-state index in [1.165, 1.54) is 18.2 Å². The van der Waals surface area contributed by atoms with Crippen LogP contribution in [0.15, 0.2) is 18.2 Å². The number of rotatable bonds is 4. The molecule has 0 aliphatic heterocycles. The molecular weight excluding hydrogens is 236 g/mol. The van der Waals surface area contributed by atoms with Gasteiger partial charge in [0.1, 0.15) is 11.1 Å². The van der Waals surface area contributed by atoms with E-state index >= 15 is 0 Å². The van der Waals surface area contributed by atoms with Gasteiger partial charge in [-0.1, -0.05) is 17.7 Å². The number of hydrogen-bond acceptors (Lipinski definition) is 4. The molecule has 0 saturated carbocycles. The molecule has 16 heavy (non-hydrogen) atoms. The molecule has 0 saturated heterocycles. The van der Waals surface area contributed by atoms with Crippen LogP contribution in [0.2, 0.25) is 5.02 Å². The molecule has 1 rings (SSSR count). The Bertz CT molecular complexity index is 436. The third kappa shape index (κ3) is 2.91. The summed E-state index contributed by atoms with van der Waals surface area (Å²) in [6.45, 7) is 0. The van der Waals surface area contributed by atoms with Crippen molar-refractivity contribution in [2.24, 2.45) is 5.73 Å². The summed E-state index contributed by atoms with van der Waals surface area (Å²) in [5, 5.41) is 19.2. The Morgan fingerprint density at radius 1 is 1.62 bits per heavy atom. The number of nitrogens with zero attached hydrogens (tertiary/aromatic N) is 1. The second-order valence-electron chi connectivity index (χ2n) is 3.19. The van der Waals surface area contributed by atoms with Crippen molar-refractivity contribution in [1.29, 1.82) is 0 Å². The van der Waals surface area contributed by atoms with Crippen LogP contribution < -0.4 is 5.73 Å². The minimum atomic E-state index is -1.15. The summed E-state index contributed by atoms with van der Waals surface area (Å²) in [4.78, 5) is 20.4. The molecule has 86 valence electrons. The van der Waals surface area contributed by atoms with Gasteiger partial charge in [0.2, 0.25) is 0 Å². The predicted molar refractivity (Wildman–Crippen MR) is 57.4 cm³/mol. The number of benzene rings is 1. The molecule has 0 unspecified atom stereocenters. The zero-order valence-electron chi connectivity index (χ0n) is 8.09. The Morgan fingerprint density at radius 2 is 2.25 bits per heavy atom. The van der Waals surface area contributed by atoms with Crippen molar-refractivity contribution in [3.8, 4) is 0 Å². The molecule has 0 heterocycles. The summed E-state index contributed by atoms with van der Waals surface area (Å²) in [5.41, 5.74) is 5.52. The standard InChI is InChI=1S/C9H9ClN2O4/c10-6-2-1-5(3-7(11)9(13)14)4-8(6)12(15)16/h1-2,4,7H,3,11H2,(H,13,14)/t7-/m1/s1. The van der Waals surface area contributed by atoms with E-state index in [1.807, 2.05) is 0 Å². The molecule has 0 radical (unpaired) electrons. The molecule has 7 heteroatoms. The number of nitrogens with two attached hydrogens (primary N) is 1. The minimum Gasteiger partial charge on any atom is -0.480 e. The zero-order chi connectivity index (χ0) is 12.3. The van der Waals surface area contributed by atoms with Crippen molar-refractivity contribution < 1.29 is 14.8 Å². The lowest BCUT2D eigenvalue weighted by Gasteiger charge is -2.06. The van der Waals surface area contributed by atoms with Crippen LogP contribution in [0.25, 0.3) is 0 Å². The number of carboxylic acids is 1. The first-order valence-electron chi connectivity index (χ1n) is 4.33. The Hall–Kier alpha value is -1.66. The molecule has 0 aliphatic rings. The van der Waals surface area contributed by atoms with Crippen LogP contribution in [0.1, 0.15) is 5.56 Å². The topological polar surface area (TPSA) is 106 Å². The van der Waals surface area contributed by atoms with E-state index in [0.29, 0.717) is 5.56 Å². The maximum Gasteiger partial charge on any atom is 0.320 e. The fraction of sp³-hybridized carbons (Fsp3) is 0.222. The lowest BCUT2D eigenvalue weighted by atomic mass is 10.1. The first-order valence-corrected chi connectivity index (χ1v) is 4.71. The van der Waals surface area contributed by atoms with E-state index in [9.17, 15) is 14.9 Å². The number of carboxylic acid groups (broad SMARTS) is 1. The maximum atomic E-state index is 10.6. The van der Waals surface area contributed by atoms with Crippen molar-refractivity contribution in [3.63, 3.8) is 0 Å². The maximum absolute atomic E-state index is 10.6. The lowest BCUT2D eigenvalue weighted by Crippen LogP contribution is -2.32. The van der Waals surface area contributed by atoms with Gasteiger partial charge in [-0.3, -0.25) is 14.9 Å². The average Bonchev–Trinajstić information content (AvgIpc) is 2.20. The number of nitro benzene ring substituents is 1. The smallest absolute Gasteiger partial charge is 0.320 e. The second kappa shape index (κ2) is 4.91. The molecule has 1 aromatic carbocycles. The Labute approximate surface area is 95.8 Å². The van der Waals surface area contributed by atoms with E-state index in [1.54, 1.807) is 0 Å². The fourth-order valence-electron chi connectivity index (χ4n) is 1.17. The van der Waals surface area contributed by atoms with Crippen molar-refractivity contribution in [3.05, 3.63) is 38.9 Å². The number of aliphatic carboxylic acids is 1. The molecule has 6 nitrogen and oxygen atoms in total. The third-order valence-corrected chi connectivity index (χ3v) is 2.30. The average molecular weight is 245 g/mol. The largest absolute Gasteiger partial charge is 0.480 e. The van der Waals surface area contributed by atoms with Crippen molar-refractivity contribution in [2.45, 2.75) is 12.5 Å². The van der Waals surface area contributed by atoms with Crippen LogP contribution in [0.4, 0.5) is 5.69 Å². The van der Waals surface area contributed by atoms with Crippen LogP contribution in [-0.2, 0) is 11.2 Å². The monoisotopic (exact) mass is 244 g/mol. The molecule has 0 aliphatic carbocycles. The van der Waals surface area contributed by atoms with E-state index in [2.05, 4.69) is 0 Å². The molecule has 3 N–H and O–H groups in total. The number of carbonyl (C=O) groups is 1. The summed E-state index contributed by atoms with van der Waals surface area (Å²) in [6, 6.07) is 3.01. The van der Waals surface area contributed by atoms with Crippen molar-refractivity contribution in [2.75, 3.05) is 0 Å². The van der Waals surface area contributed by atoms with E-state index in [0.717, 1.165) is 0 Å². The van der Waals surface area contributed by atoms with Gasteiger partial charge in [0, 0.05) is 6.07 Å². The number of halogens is 1. The molecule has 0 bridgehead atoms. The van der Waals surface area contributed by atoms with Crippen LogP contribution in [0, 0.1) is 10.1 Å². The molecule has 0 amide bonds. The Kier molecular flexibility index (Phi) is 3.81. The third-order valence-electron chi connectivity index (χ3n) is 1.98. The van der Waals surface area contributed by atoms with Crippen molar-refractivity contribution >= 4 is 23.3 Å². The van der Waals surface area contributed by atoms with Gasteiger partial charge >= 0.3 is 5.97 Å². The first-order chi connectivity index (χ1) is 7.41. The normalized spacial score (nSPS) is 12.1. The van der Waals surface area contributed by atoms with E-state index in [4.69, 9.17) is 22.4 Å². The Morgan fingerprint density at radius 3 is 2.75 bits per heavy atom. The summed E-state index contributed by atoms with van der Waals surface area (Å²) in [5.74, 6) is -1.15. The molecule has 0 fully saturated rings. The predicted octanol–water partition coefficient (Wildman–Crippen LogP) is 1.20. The van der Waals surface area contributed by atoms with Crippen LogP contribution in [0.5, 0.6) is 0 Å². The first kappa shape index (κ1) is 12.4. The zero-order valence-corrected chi connectivity index (χ0v) is 8.85. The van der Waals surface area contributed by atoms with E-state index < -0.39 is 16.9 Å². The lowest BCUT2D eigenvalue weighted by molar-refractivity contribution is -0.384. The summed E-state index contributed by atoms with van der Waals surface area (Å²) >= 11 is 5.60. The van der Waals surface area contributed by atoms with Gasteiger partial charge in [-0.25, -0.2) is 0 Å². The van der Waals surface area contributed by atoms with Gasteiger partial charge < -0.3 is 10.8 Å². The van der Waals surface area contributed by atoms with Crippen molar-refractivity contribution in [1.82, 2.24) is 0 Å². The quantitative estimate of drug-likeness (QED) is 0.611. The van der Waals surface area contributed by atoms with Gasteiger partial charge in [-0.2, -0.15) is 0 Å². The number of hydrogen-bond donors (Lipinski definition) is 2. The second-order valence-corrected chi connectivity index (χ2v) is 3.60. The van der Waals surface area contributed by atoms with Gasteiger partial charge in [0.15, 0.2) is 0 Å². The minimum absolute atomic E-state index is 0.0117. The molecule has 0 spiro atoms. The highest BCUT2D eigenvalue weighted by Gasteiger charge is 2.16. The highest BCUT2D eigenvalue weighted by Crippen LogP contribution is 2.25. The SMILES string of the molecule is N[C@H](Cc1ccc(Cl)c([N+](=O)[O-])c1)C(=O)O. The Balaban J connectivity index is 2.95. The van der Waals surface area contributed by atoms with Gasteiger partial charge in [0.05, 0.1) is 4.92 Å². The molecule has 0 aromatic heterocycles. The fourth-order valence-corrected chi connectivity index (χ4v) is 1.35. The van der Waals surface area contributed by atoms with Crippen LogP contribution in [0.3, 0.4) is 0 Å². The molecular formula is C9H9ClN2O4.